The predicted octanol–water partition coefficient (Wildman–Crippen LogP) is 5.23. The molecule has 0 bridgehead atoms. The Labute approximate surface area is 201 Å². The maximum Gasteiger partial charge on any atom is 0.223 e. The van der Waals surface area contributed by atoms with Crippen LogP contribution >= 0.6 is 0 Å². The van der Waals surface area contributed by atoms with Crippen molar-refractivity contribution in [3.8, 4) is 0 Å². The average molecular weight is 453 g/mol. The monoisotopic (exact) mass is 452 g/mol. The number of para-hydroxylation sites is 2. The molecular weight excluding hydrogens is 420 g/mol. The highest BCUT2D eigenvalue weighted by Gasteiger charge is 2.27. The number of benzene rings is 3. The third kappa shape index (κ3) is 4.84. The molecular formula is C29H32N4O. The Kier molecular flexibility index (Phi) is 6.35. The number of carbonyl (C=O) groups excluding carboxylic acids is 1. The fourth-order valence-electron chi connectivity index (χ4n) is 4.83. The molecule has 0 aliphatic carbocycles. The van der Waals surface area contributed by atoms with E-state index in [1.165, 1.54) is 16.7 Å². The van der Waals surface area contributed by atoms with Crippen molar-refractivity contribution >= 4 is 22.9 Å². The average Bonchev–Trinajstić information content (AvgIpc) is 3.22. The van der Waals surface area contributed by atoms with E-state index in [1.807, 2.05) is 12.1 Å². The van der Waals surface area contributed by atoms with Crippen molar-refractivity contribution in [3.05, 3.63) is 95.1 Å². The molecule has 5 rings (SSSR count). The Morgan fingerprint density at radius 3 is 2.44 bits per heavy atom. The third-order valence-corrected chi connectivity index (χ3v) is 6.79. The number of amides is 1. The summed E-state index contributed by atoms with van der Waals surface area (Å²) in [5, 5.41) is 3.14. The second-order valence-corrected chi connectivity index (χ2v) is 9.44. The molecule has 2 heterocycles. The Balaban J connectivity index is 1.28. The lowest BCUT2D eigenvalue weighted by atomic mass is 9.96. The summed E-state index contributed by atoms with van der Waals surface area (Å²) in [7, 11) is 0. The van der Waals surface area contributed by atoms with Crippen molar-refractivity contribution in [2.45, 2.75) is 39.8 Å². The first kappa shape index (κ1) is 22.2. The van der Waals surface area contributed by atoms with E-state index in [0.29, 0.717) is 6.54 Å². The summed E-state index contributed by atoms with van der Waals surface area (Å²) in [5.41, 5.74) is 7.06. The molecule has 174 valence electrons. The van der Waals surface area contributed by atoms with Gasteiger partial charge in [0.2, 0.25) is 11.9 Å². The van der Waals surface area contributed by atoms with Gasteiger partial charge >= 0.3 is 0 Å². The SMILES string of the molecule is Cc1ccc(Cn2c(N3CCC(C(=O)NCc4cccc(C)c4)CC3)nc3ccccc32)cc1. The minimum Gasteiger partial charge on any atom is -0.352 e. The van der Waals surface area contributed by atoms with Gasteiger partial charge in [0.25, 0.3) is 0 Å². The molecule has 5 heteroatoms. The van der Waals surface area contributed by atoms with Crippen molar-refractivity contribution in [2.24, 2.45) is 5.92 Å². The number of carbonyl (C=O) groups is 1. The highest BCUT2D eigenvalue weighted by atomic mass is 16.1. The number of hydrogen-bond donors (Lipinski definition) is 1. The number of fused-ring (bicyclic) bond motifs is 1. The molecule has 1 amide bonds. The van der Waals surface area contributed by atoms with Crippen molar-refractivity contribution in [2.75, 3.05) is 18.0 Å². The lowest BCUT2D eigenvalue weighted by molar-refractivity contribution is -0.125. The van der Waals surface area contributed by atoms with E-state index in [0.717, 1.165) is 55.0 Å². The van der Waals surface area contributed by atoms with Gasteiger partial charge in [-0.1, -0.05) is 71.8 Å². The molecule has 0 spiro atoms. The molecule has 5 nitrogen and oxygen atoms in total. The number of aromatic nitrogens is 2. The largest absolute Gasteiger partial charge is 0.352 e. The van der Waals surface area contributed by atoms with Crippen LogP contribution in [0, 0.1) is 19.8 Å². The van der Waals surface area contributed by atoms with E-state index >= 15 is 0 Å². The van der Waals surface area contributed by atoms with Crippen molar-refractivity contribution in [1.29, 1.82) is 0 Å². The summed E-state index contributed by atoms with van der Waals surface area (Å²) in [4.78, 5) is 20.2. The van der Waals surface area contributed by atoms with E-state index in [4.69, 9.17) is 4.98 Å². The van der Waals surface area contributed by atoms with Crippen molar-refractivity contribution < 1.29 is 4.79 Å². The smallest absolute Gasteiger partial charge is 0.223 e. The number of piperidine rings is 1. The second-order valence-electron chi connectivity index (χ2n) is 9.44. The van der Waals surface area contributed by atoms with Crippen LogP contribution in [-0.2, 0) is 17.9 Å². The molecule has 0 radical (unpaired) electrons. The fraction of sp³-hybridized carbons (Fsp3) is 0.310. The molecule has 0 saturated carbocycles. The summed E-state index contributed by atoms with van der Waals surface area (Å²) >= 11 is 0. The Morgan fingerprint density at radius 1 is 0.912 bits per heavy atom. The van der Waals surface area contributed by atoms with Gasteiger partial charge in [-0.05, 0) is 49.9 Å². The van der Waals surface area contributed by atoms with E-state index < -0.39 is 0 Å². The molecule has 1 aliphatic heterocycles. The number of nitrogens with one attached hydrogen (secondary N) is 1. The van der Waals surface area contributed by atoms with E-state index in [2.05, 4.69) is 89.3 Å². The number of hydrogen-bond acceptors (Lipinski definition) is 3. The lowest BCUT2D eigenvalue weighted by Crippen LogP contribution is -2.41. The topological polar surface area (TPSA) is 50.2 Å². The molecule has 0 unspecified atom stereocenters. The van der Waals surface area contributed by atoms with Crippen LogP contribution in [0.15, 0.2) is 72.8 Å². The van der Waals surface area contributed by atoms with Gasteiger partial charge in [0.15, 0.2) is 0 Å². The van der Waals surface area contributed by atoms with Gasteiger partial charge < -0.3 is 14.8 Å². The second kappa shape index (κ2) is 9.72. The van der Waals surface area contributed by atoms with Crippen molar-refractivity contribution in [1.82, 2.24) is 14.9 Å². The van der Waals surface area contributed by atoms with Crippen LogP contribution < -0.4 is 10.2 Å². The molecule has 4 aromatic rings. The zero-order chi connectivity index (χ0) is 23.5. The fourth-order valence-corrected chi connectivity index (χ4v) is 4.83. The first-order valence-corrected chi connectivity index (χ1v) is 12.2. The summed E-state index contributed by atoms with van der Waals surface area (Å²) in [6.07, 6.45) is 1.68. The molecule has 1 N–H and O–H groups in total. The highest BCUT2D eigenvalue weighted by Crippen LogP contribution is 2.28. The molecule has 1 fully saturated rings. The number of nitrogens with zero attached hydrogens (tertiary/aromatic N) is 3. The first-order valence-electron chi connectivity index (χ1n) is 12.2. The van der Waals surface area contributed by atoms with Crippen LogP contribution in [0.5, 0.6) is 0 Å². The zero-order valence-corrected chi connectivity index (χ0v) is 20.0. The van der Waals surface area contributed by atoms with Crippen LogP contribution in [0.25, 0.3) is 11.0 Å². The minimum absolute atomic E-state index is 0.0518. The maximum absolute atomic E-state index is 12.8. The lowest BCUT2D eigenvalue weighted by Gasteiger charge is -2.32. The Morgan fingerprint density at radius 2 is 1.68 bits per heavy atom. The molecule has 1 saturated heterocycles. The summed E-state index contributed by atoms with van der Waals surface area (Å²) in [5.74, 6) is 1.21. The first-order chi connectivity index (χ1) is 16.6. The third-order valence-electron chi connectivity index (χ3n) is 6.79. The zero-order valence-electron chi connectivity index (χ0n) is 20.0. The quantitative estimate of drug-likeness (QED) is 0.436. The van der Waals surface area contributed by atoms with Gasteiger partial charge in [-0.3, -0.25) is 4.79 Å². The van der Waals surface area contributed by atoms with Crippen LogP contribution in [-0.4, -0.2) is 28.5 Å². The molecule has 1 aromatic heterocycles. The normalized spacial score (nSPS) is 14.5. The summed E-state index contributed by atoms with van der Waals surface area (Å²) in [6.45, 7) is 7.23. The Bertz CT molecular complexity index is 1280. The van der Waals surface area contributed by atoms with Gasteiger partial charge in [-0.25, -0.2) is 4.98 Å². The van der Waals surface area contributed by atoms with Crippen LogP contribution in [0.4, 0.5) is 5.95 Å². The van der Waals surface area contributed by atoms with Crippen molar-refractivity contribution in [3.63, 3.8) is 0 Å². The molecule has 1 aliphatic rings. The Hall–Kier alpha value is -3.60. The highest BCUT2D eigenvalue weighted by molar-refractivity contribution is 5.80. The van der Waals surface area contributed by atoms with Gasteiger partial charge in [-0.2, -0.15) is 0 Å². The standard InChI is InChI=1S/C29H32N4O/c1-21-10-12-23(13-11-21)20-33-27-9-4-3-8-26(27)31-29(33)32-16-14-25(15-17-32)28(34)30-19-24-7-5-6-22(2)18-24/h3-13,18,25H,14-17,19-20H2,1-2H3,(H,30,34). The van der Waals surface area contributed by atoms with E-state index in [9.17, 15) is 4.79 Å². The van der Waals surface area contributed by atoms with E-state index in [1.54, 1.807) is 0 Å². The minimum atomic E-state index is 0.0518. The summed E-state index contributed by atoms with van der Waals surface area (Å²) < 4.78 is 2.32. The van der Waals surface area contributed by atoms with Crippen LogP contribution in [0.2, 0.25) is 0 Å². The van der Waals surface area contributed by atoms with Gasteiger partial charge in [0.05, 0.1) is 17.6 Å². The maximum atomic E-state index is 12.8. The number of anilines is 1. The molecule has 3 aromatic carbocycles. The van der Waals surface area contributed by atoms with Gasteiger partial charge in [0, 0.05) is 25.6 Å². The molecule has 0 atom stereocenters. The van der Waals surface area contributed by atoms with Gasteiger partial charge in [0.1, 0.15) is 0 Å². The summed E-state index contributed by atoms with van der Waals surface area (Å²) in [6, 6.07) is 25.4. The number of aryl methyl sites for hydroxylation is 2. The van der Waals surface area contributed by atoms with Crippen LogP contribution in [0.1, 0.15) is 35.1 Å². The van der Waals surface area contributed by atoms with Gasteiger partial charge in [-0.15, -0.1) is 0 Å². The number of rotatable bonds is 6. The number of imidazole rings is 1. The van der Waals surface area contributed by atoms with E-state index in [-0.39, 0.29) is 11.8 Å². The van der Waals surface area contributed by atoms with Crippen LogP contribution in [0.3, 0.4) is 0 Å². The molecule has 34 heavy (non-hydrogen) atoms. The predicted molar refractivity (Wildman–Crippen MR) is 138 cm³/mol.